The highest BCUT2D eigenvalue weighted by atomic mass is 32.2. The van der Waals surface area contributed by atoms with Gasteiger partial charge in [-0.15, -0.1) is 0 Å². The van der Waals surface area contributed by atoms with Crippen LogP contribution >= 0.6 is 0 Å². The van der Waals surface area contributed by atoms with Gasteiger partial charge in [0.25, 0.3) is 10.0 Å². The summed E-state index contributed by atoms with van der Waals surface area (Å²) in [6, 6.07) is 5.55. The minimum Gasteiger partial charge on any atom is -0.383 e. The van der Waals surface area contributed by atoms with E-state index in [2.05, 4.69) is 10.0 Å². The maximum absolute atomic E-state index is 13.9. The molecule has 2 aromatic rings. The third-order valence-corrected chi connectivity index (χ3v) is 6.06. The van der Waals surface area contributed by atoms with Gasteiger partial charge in [-0.25, -0.2) is 17.2 Å². The Kier molecular flexibility index (Phi) is 4.26. The monoisotopic (exact) mass is 393 g/mol. The maximum Gasteiger partial charge on any atom is 0.262 e. The van der Waals surface area contributed by atoms with Gasteiger partial charge in [0, 0.05) is 25.6 Å². The minimum absolute atomic E-state index is 0.0574. The number of benzene rings is 2. The van der Waals surface area contributed by atoms with Crippen molar-refractivity contribution < 1.29 is 22.0 Å². The molecule has 142 valence electrons. The van der Waals surface area contributed by atoms with Crippen LogP contribution in [0.1, 0.15) is 18.4 Å². The van der Waals surface area contributed by atoms with Crippen molar-refractivity contribution in [2.24, 2.45) is 0 Å². The first kappa shape index (κ1) is 17.7. The van der Waals surface area contributed by atoms with E-state index in [1.807, 2.05) is 0 Å². The number of rotatable bonds is 4. The fraction of sp³-hybridized carbons (Fsp3) is 0.278. The molecule has 9 heteroatoms. The third-order valence-electron chi connectivity index (χ3n) is 4.72. The van der Waals surface area contributed by atoms with E-state index in [1.165, 1.54) is 12.1 Å². The van der Waals surface area contributed by atoms with E-state index >= 15 is 0 Å². The maximum atomic E-state index is 13.9. The smallest absolute Gasteiger partial charge is 0.262 e. The molecule has 2 heterocycles. The second-order valence-corrected chi connectivity index (χ2v) is 8.21. The van der Waals surface area contributed by atoms with E-state index in [0.29, 0.717) is 44.1 Å². The predicted molar refractivity (Wildman–Crippen MR) is 97.4 cm³/mol. The van der Waals surface area contributed by atoms with Gasteiger partial charge in [-0.1, -0.05) is 0 Å². The van der Waals surface area contributed by atoms with Gasteiger partial charge >= 0.3 is 0 Å². The van der Waals surface area contributed by atoms with Crippen molar-refractivity contribution in [1.82, 2.24) is 0 Å². The Balaban J connectivity index is 1.75. The molecule has 0 radical (unpaired) electrons. The molecule has 0 spiro atoms. The van der Waals surface area contributed by atoms with Gasteiger partial charge in [-0.2, -0.15) is 0 Å². The molecule has 2 aliphatic rings. The number of nitrogens with one attached hydrogen (secondary N) is 2. The Hall–Kier alpha value is -2.68. The topological polar surface area (TPSA) is 78.5 Å². The third kappa shape index (κ3) is 3.23. The highest BCUT2D eigenvalue weighted by Gasteiger charge is 2.29. The average Bonchev–Trinajstić information content (AvgIpc) is 3.25. The van der Waals surface area contributed by atoms with Crippen molar-refractivity contribution >= 4 is 33.0 Å². The highest BCUT2D eigenvalue weighted by Crippen LogP contribution is 2.38. The van der Waals surface area contributed by atoms with Gasteiger partial charge in [0.2, 0.25) is 5.91 Å². The van der Waals surface area contributed by atoms with Crippen LogP contribution in [0.5, 0.6) is 0 Å². The molecule has 1 fully saturated rings. The number of carbonyl (C=O) groups excluding carboxylic acids is 1. The Labute approximate surface area is 155 Å². The fourth-order valence-corrected chi connectivity index (χ4v) is 4.56. The molecule has 2 N–H and O–H groups in total. The van der Waals surface area contributed by atoms with Gasteiger partial charge in [-0.3, -0.25) is 9.52 Å². The summed E-state index contributed by atoms with van der Waals surface area (Å²) in [5.74, 6) is -1.86. The largest absolute Gasteiger partial charge is 0.383 e. The number of carbonyl (C=O) groups is 1. The number of halogens is 2. The molecule has 27 heavy (non-hydrogen) atoms. The lowest BCUT2D eigenvalue weighted by molar-refractivity contribution is -0.117. The number of amides is 1. The zero-order valence-corrected chi connectivity index (χ0v) is 15.1. The lowest BCUT2D eigenvalue weighted by atomic mass is 10.1. The molecule has 6 nitrogen and oxygen atoms in total. The lowest BCUT2D eigenvalue weighted by Gasteiger charge is -2.21. The lowest BCUT2D eigenvalue weighted by Crippen LogP contribution is -2.25. The van der Waals surface area contributed by atoms with Gasteiger partial charge in [0.15, 0.2) is 0 Å². The Morgan fingerprint density at radius 3 is 2.63 bits per heavy atom. The SMILES string of the molecule is O=C1CCCN1c1cc(S(=O)(=O)Nc2ccc(F)cc2F)cc2c1NCC2. The van der Waals surface area contributed by atoms with E-state index in [0.717, 1.165) is 23.4 Å². The first-order chi connectivity index (χ1) is 12.8. The van der Waals surface area contributed by atoms with E-state index in [-0.39, 0.29) is 16.5 Å². The fourth-order valence-electron chi connectivity index (χ4n) is 3.43. The predicted octanol–water partition coefficient (Wildman–Crippen LogP) is 2.86. The number of anilines is 3. The molecule has 1 amide bonds. The highest BCUT2D eigenvalue weighted by molar-refractivity contribution is 7.92. The van der Waals surface area contributed by atoms with Crippen molar-refractivity contribution in [1.29, 1.82) is 0 Å². The summed E-state index contributed by atoms with van der Waals surface area (Å²) in [5, 5.41) is 3.20. The number of nitrogens with zero attached hydrogens (tertiary/aromatic N) is 1. The van der Waals surface area contributed by atoms with E-state index in [9.17, 15) is 22.0 Å². The van der Waals surface area contributed by atoms with Crippen LogP contribution < -0.4 is 14.9 Å². The quantitative estimate of drug-likeness (QED) is 0.837. The van der Waals surface area contributed by atoms with Crippen LogP contribution in [0.25, 0.3) is 0 Å². The summed E-state index contributed by atoms with van der Waals surface area (Å²) < 4.78 is 54.7. The molecule has 0 saturated carbocycles. The zero-order chi connectivity index (χ0) is 19.2. The summed E-state index contributed by atoms with van der Waals surface area (Å²) in [6.07, 6.45) is 1.76. The van der Waals surface area contributed by atoms with Gasteiger partial charge in [-0.05, 0) is 42.7 Å². The van der Waals surface area contributed by atoms with Crippen molar-refractivity contribution in [3.05, 3.63) is 47.5 Å². The first-order valence-electron chi connectivity index (χ1n) is 8.54. The van der Waals surface area contributed by atoms with Crippen LogP contribution in [0.2, 0.25) is 0 Å². The van der Waals surface area contributed by atoms with Crippen LogP contribution in [0, 0.1) is 11.6 Å². The molecule has 0 unspecified atom stereocenters. The molecule has 0 atom stereocenters. The summed E-state index contributed by atoms with van der Waals surface area (Å²) >= 11 is 0. The summed E-state index contributed by atoms with van der Waals surface area (Å²) in [6.45, 7) is 1.17. The van der Waals surface area contributed by atoms with E-state index < -0.39 is 21.7 Å². The number of fused-ring (bicyclic) bond motifs is 1. The number of hydrogen-bond acceptors (Lipinski definition) is 4. The van der Waals surface area contributed by atoms with Gasteiger partial charge < -0.3 is 10.2 Å². The van der Waals surface area contributed by atoms with Crippen LogP contribution in [0.3, 0.4) is 0 Å². The zero-order valence-electron chi connectivity index (χ0n) is 14.3. The summed E-state index contributed by atoms with van der Waals surface area (Å²) in [4.78, 5) is 13.7. The molecule has 2 aromatic carbocycles. The average molecular weight is 393 g/mol. The Morgan fingerprint density at radius 1 is 1.11 bits per heavy atom. The summed E-state index contributed by atoms with van der Waals surface area (Å²) in [7, 11) is -4.12. The van der Waals surface area contributed by atoms with Crippen molar-refractivity contribution in [3.63, 3.8) is 0 Å². The molecular weight excluding hydrogens is 376 g/mol. The summed E-state index contributed by atoms with van der Waals surface area (Å²) in [5.41, 5.74) is 1.73. The van der Waals surface area contributed by atoms with Crippen LogP contribution in [0.15, 0.2) is 35.2 Å². The Morgan fingerprint density at radius 2 is 1.93 bits per heavy atom. The molecule has 4 rings (SSSR count). The van der Waals surface area contributed by atoms with E-state index in [1.54, 1.807) is 4.90 Å². The Bertz CT molecular complexity index is 1040. The van der Waals surface area contributed by atoms with Crippen LogP contribution in [-0.4, -0.2) is 27.4 Å². The van der Waals surface area contributed by atoms with Gasteiger partial charge in [0.05, 0.1) is 22.0 Å². The standard InChI is InChI=1S/C18H17F2N3O3S/c19-12-3-4-15(14(20)9-12)22-27(25,26)13-8-11-5-6-21-18(11)16(10-13)23-7-1-2-17(23)24/h3-4,8-10,21-22H,1-2,5-7H2. The van der Waals surface area contributed by atoms with Crippen molar-refractivity contribution in [3.8, 4) is 0 Å². The van der Waals surface area contributed by atoms with Crippen molar-refractivity contribution in [2.45, 2.75) is 24.2 Å². The van der Waals surface area contributed by atoms with Crippen LogP contribution in [0.4, 0.5) is 25.8 Å². The normalized spacial score (nSPS) is 16.4. The van der Waals surface area contributed by atoms with Gasteiger partial charge in [0.1, 0.15) is 11.6 Å². The molecule has 0 bridgehead atoms. The first-order valence-corrected chi connectivity index (χ1v) is 10.0. The minimum atomic E-state index is -4.12. The molecule has 1 saturated heterocycles. The van der Waals surface area contributed by atoms with Crippen molar-refractivity contribution in [2.75, 3.05) is 28.0 Å². The second kappa shape index (κ2) is 6.49. The molecular formula is C18H17F2N3O3S. The van der Waals surface area contributed by atoms with Crippen LogP contribution in [-0.2, 0) is 21.2 Å². The number of sulfonamides is 1. The molecule has 0 aliphatic carbocycles. The molecule has 0 aromatic heterocycles. The second-order valence-electron chi connectivity index (χ2n) is 6.53. The van der Waals surface area contributed by atoms with E-state index in [4.69, 9.17) is 0 Å². The molecule has 2 aliphatic heterocycles. The number of hydrogen-bond donors (Lipinski definition) is 2.